The Hall–Kier alpha value is -0.930. The summed E-state index contributed by atoms with van der Waals surface area (Å²) in [4.78, 5) is 2.50. The third-order valence-corrected chi connectivity index (χ3v) is 3.94. The zero-order valence-electron chi connectivity index (χ0n) is 11.4. The van der Waals surface area contributed by atoms with Crippen LogP contribution < -0.4 is 5.32 Å². The monoisotopic (exact) mass is 250 g/mol. The second-order valence-electron chi connectivity index (χ2n) is 5.64. The van der Waals surface area contributed by atoms with E-state index in [1.807, 2.05) is 12.1 Å². The van der Waals surface area contributed by atoms with Gasteiger partial charge in [-0.25, -0.2) is 4.39 Å². The minimum Gasteiger partial charge on any atom is -0.314 e. The summed E-state index contributed by atoms with van der Waals surface area (Å²) >= 11 is 0. The van der Waals surface area contributed by atoms with Gasteiger partial charge in [-0.3, -0.25) is 4.90 Å². The maximum absolute atomic E-state index is 13.6. The number of hydrogen-bond acceptors (Lipinski definition) is 2. The molecule has 1 aliphatic heterocycles. The normalized spacial score (nSPS) is 17.9. The van der Waals surface area contributed by atoms with Gasteiger partial charge in [-0.15, -0.1) is 0 Å². The summed E-state index contributed by atoms with van der Waals surface area (Å²) < 4.78 is 13.6. The molecule has 3 heteroatoms. The Bertz CT molecular complexity index is 384. The number of benzene rings is 1. The lowest BCUT2D eigenvalue weighted by atomic mass is 9.92. The molecule has 1 aromatic rings. The molecule has 100 valence electrons. The molecular weight excluding hydrogens is 227 g/mol. The highest BCUT2D eigenvalue weighted by molar-refractivity contribution is 5.17. The molecule has 0 radical (unpaired) electrons. The number of hydrogen-bond donors (Lipinski definition) is 1. The van der Waals surface area contributed by atoms with E-state index < -0.39 is 0 Å². The zero-order valence-corrected chi connectivity index (χ0v) is 11.4. The fourth-order valence-electron chi connectivity index (χ4n) is 2.57. The summed E-state index contributed by atoms with van der Waals surface area (Å²) in [5.41, 5.74) is 0.977. The average molecular weight is 250 g/mol. The molecule has 1 heterocycles. The molecule has 0 spiro atoms. The second-order valence-corrected chi connectivity index (χ2v) is 5.64. The highest BCUT2D eigenvalue weighted by Crippen LogP contribution is 2.22. The van der Waals surface area contributed by atoms with Crippen LogP contribution in [0.3, 0.4) is 0 Å². The van der Waals surface area contributed by atoms with Crippen LogP contribution in [0.15, 0.2) is 24.3 Å². The lowest BCUT2D eigenvalue weighted by molar-refractivity contribution is 0.0957. The molecule has 0 aliphatic carbocycles. The SMILES string of the molecule is CC(C)(CCc1ccccc1F)N1CCNCC1. The molecule has 0 bridgehead atoms. The van der Waals surface area contributed by atoms with Gasteiger partial charge in [-0.1, -0.05) is 18.2 Å². The van der Waals surface area contributed by atoms with E-state index in [-0.39, 0.29) is 11.4 Å². The fourth-order valence-corrected chi connectivity index (χ4v) is 2.57. The van der Waals surface area contributed by atoms with E-state index in [2.05, 4.69) is 24.1 Å². The molecule has 2 nitrogen and oxygen atoms in total. The molecule has 0 atom stereocenters. The van der Waals surface area contributed by atoms with E-state index in [1.165, 1.54) is 0 Å². The molecule has 0 aromatic heterocycles. The summed E-state index contributed by atoms with van der Waals surface area (Å²) in [7, 11) is 0. The van der Waals surface area contributed by atoms with Crippen molar-refractivity contribution in [3.05, 3.63) is 35.6 Å². The lowest BCUT2D eigenvalue weighted by Gasteiger charge is -2.41. The first-order valence-corrected chi connectivity index (χ1v) is 6.79. The topological polar surface area (TPSA) is 15.3 Å². The summed E-state index contributed by atoms with van der Waals surface area (Å²) in [6, 6.07) is 7.10. The quantitative estimate of drug-likeness (QED) is 0.883. The molecule has 1 aliphatic rings. The molecule has 1 fully saturated rings. The van der Waals surface area contributed by atoms with Crippen molar-refractivity contribution in [1.82, 2.24) is 10.2 Å². The molecule has 1 saturated heterocycles. The Morgan fingerprint density at radius 1 is 1.22 bits per heavy atom. The van der Waals surface area contributed by atoms with Crippen LogP contribution in [0.1, 0.15) is 25.8 Å². The van der Waals surface area contributed by atoms with Gasteiger partial charge in [0.2, 0.25) is 0 Å². The number of nitrogens with zero attached hydrogens (tertiary/aromatic N) is 1. The molecular formula is C15H23FN2. The molecule has 0 unspecified atom stereocenters. The largest absolute Gasteiger partial charge is 0.314 e. The first kappa shape index (κ1) is 13.5. The van der Waals surface area contributed by atoms with E-state index in [0.717, 1.165) is 44.6 Å². The number of aryl methyl sites for hydroxylation is 1. The van der Waals surface area contributed by atoms with Crippen LogP contribution in [0, 0.1) is 5.82 Å². The second kappa shape index (κ2) is 5.81. The molecule has 0 saturated carbocycles. The van der Waals surface area contributed by atoms with Crippen molar-refractivity contribution in [2.75, 3.05) is 26.2 Å². The van der Waals surface area contributed by atoms with Gasteiger partial charge in [0.15, 0.2) is 0 Å². The van der Waals surface area contributed by atoms with Gasteiger partial charge in [0.05, 0.1) is 0 Å². The van der Waals surface area contributed by atoms with Crippen LogP contribution in [-0.2, 0) is 6.42 Å². The van der Waals surface area contributed by atoms with Crippen LogP contribution >= 0.6 is 0 Å². The molecule has 1 N–H and O–H groups in total. The third kappa shape index (κ3) is 3.30. The fraction of sp³-hybridized carbons (Fsp3) is 0.600. The Kier molecular flexibility index (Phi) is 4.36. The van der Waals surface area contributed by atoms with Crippen molar-refractivity contribution in [2.45, 2.75) is 32.2 Å². The van der Waals surface area contributed by atoms with Gasteiger partial charge in [-0.2, -0.15) is 0 Å². The van der Waals surface area contributed by atoms with Crippen LogP contribution in [0.5, 0.6) is 0 Å². The minimum atomic E-state index is -0.0754. The Morgan fingerprint density at radius 2 is 1.89 bits per heavy atom. The Morgan fingerprint density at radius 3 is 2.56 bits per heavy atom. The Balaban J connectivity index is 1.94. The third-order valence-electron chi connectivity index (χ3n) is 3.94. The van der Waals surface area contributed by atoms with Crippen LogP contribution in [0.4, 0.5) is 4.39 Å². The van der Waals surface area contributed by atoms with E-state index in [4.69, 9.17) is 0 Å². The predicted octanol–water partition coefficient (Wildman–Crippen LogP) is 2.44. The Labute approximate surface area is 109 Å². The zero-order chi connectivity index (χ0) is 13.0. The van der Waals surface area contributed by atoms with Crippen molar-refractivity contribution in [3.8, 4) is 0 Å². The van der Waals surface area contributed by atoms with E-state index in [9.17, 15) is 4.39 Å². The van der Waals surface area contributed by atoms with Crippen LogP contribution in [-0.4, -0.2) is 36.6 Å². The number of nitrogens with one attached hydrogen (secondary N) is 1. The maximum Gasteiger partial charge on any atom is 0.126 e. The highest BCUT2D eigenvalue weighted by atomic mass is 19.1. The van der Waals surface area contributed by atoms with Gasteiger partial charge in [-0.05, 0) is 38.3 Å². The minimum absolute atomic E-state index is 0.0754. The van der Waals surface area contributed by atoms with Crippen molar-refractivity contribution >= 4 is 0 Å². The first-order chi connectivity index (χ1) is 8.59. The smallest absolute Gasteiger partial charge is 0.126 e. The van der Waals surface area contributed by atoms with Crippen LogP contribution in [0.2, 0.25) is 0 Å². The summed E-state index contributed by atoms with van der Waals surface area (Å²) in [6.45, 7) is 8.82. The first-order valence-electron chi connectivity index (χ1n) is 6.79. The summed E-state index contributed by atoms with van der Waals surface area (Å²) in [5, 5.41) is 3.37. The average Bonchev–Trinajstić information content (AvgIpc) is 2.39. The molecule has 0 amide bonds. The molecule has 1 aromatic carbocycles. The predicted molar refractivity (Wildman–Crippen MR) is 73.2 cm³/mol. The van der Waals surface area contributed by atoms with Crippen molar-refractivity contribution in [2.24, 2.45) is 0 Å². The summed E-state index contributed by atoms with van der Waals surface area (Å²) in [5.74, 6) is -0.0754. The van der Waals surface area contributed by atoms with Crippen molar-refractivity contribution in [3.63, 3.8) is 0 Å². The van der Waals surface area contributed by atoms with E-state index in [0.29, 0.717) is 0 Å². The number of rotatable bonds is 4. The number of piperazine rings is 1. The number of halogens is 1. The van der Waals surface area contributed by atoms with Gasteiger partial charge < -0.3 is 5.32 Å². The van der Waals surface area contributed by atoms with Gasteiger partial charge in [0, 0.05) is 31.7 Å². The highest BCUT2D eigenvalue weighted by Gasteiger charge is 2.27. The van der Waals surface area contributed by atoms with E-state index >= 15 is 0 Å². The van der Waals surface area contributed by atoms with Crippen LogP contribution in [0.25, 0.3) is 0 Å². The summed E-state index contributed by atoms with van der Waals surface area (Å²) in [6.07, 6.45) is 1.80. The standard InChI is InChI=1S/C15H23FN2/c1-15(2,18-11-9-17-10-12-18)8-7-13-5-3-4-6-14(13)16/h3-6,17H,7-12H2,1-2H3. The molecule has 18 heavy (non-hydrogen) atoms. The van der Waals surface area contributed by atoms with Crippen molar-refractivity contribution < 1.29 is 4.39 Å². The maximum atomic E-state index is 13.6. The van der Waals surface area contributed by atoms with Gasteiger partial charge in [0.1, 0.15) is 5.82 Å². The van der Waals surface area contributed by atoms with Crippen molar-refractivity contribution in [1.29, 1.82) is 0 Å². The van der Waals surface area contributed by atoms with Gasteiger partial charge in [0.25, 0.3) is 0 Å². The molecule has 2 rings (SSSR count). The lowest BCUT2D eigenvalue weighted by Crippen LogP contribution is -2.53. The van der Waals surface area contributed by atoms with Gasteiger partial charge >= 0.3 is 0 Å². The van der Waals surface area contributed by atoms with E-state index in [1.54, 1.807) is 12.1 Å².